The van der Waals surface area contributed by atoms with Crippen LogP contribution in [-0.4, -0.2) is 39.3 Å². The largest absolute Gasteiger partial charge is 0.490 e. The van der Waals surface area contributed by atoms with Gasteiger partial charge >= 0.3 is 31.3 Å². The molecule has 2 unspecified atom stereocenters. The molecule has 0 bridgehead atoms. The molecule has 0 saturated carbocycles. The van der Waals surface area contributed by atoms with Gasteiger partial charge in [-0.15, -0.1) is 0 Å². The first-order valence-electron chi connectivity index (χ1n) is 4.73. The van der Waals surface area contributed by atoms with Gasteiger partial charge in [-0.2, -0.15) is 12.9 Å². The van der Waals surface area contributed by atoms with Crippen molar-refractivity contribution in [3.05, 3.63) is 24.8 Å². The van der Waals surface area contributed by atoms with Gasteiger partial charge in [-0.25, -0.2) is 28.2 Å². The predicted octanol–water partition coefficient (Wildman–Crippen LogP) is -0.101. The van der Waals surface area contributed by atoms with Crippen LogP contribution in [0.1, 0.15) is 0 Å². The van der Waals surface area contributed by atoms with Crippen molar-refractivity contribution in [1.82, 2.24) is 9.97 Å². The Morgan fingerprint density at radius 3 is 1.17 bits per heavy atom. The number of aromatic nitrogens is 2. The van der Waals surface area contributed by atoms with E-state index < -0.39 is 31.3 Å². The molecule has 0 amide bonds. The maximum atomic E-state index is 10.7. The summed E-state index contributed by atoms with van der Waals surface area (Å²) < 4.78 is 50.9. The van der Waals surface area contributed by atoms with Crippen molar-refractivity contribution >= 4 is 31.3 Å². The SMILES string of the molecule is O=P(O)(O)OP(=O)(O)OP(=O)(O)OP(=O)(O)O.c1cncnc1. The predicted molar refractivity (Wildman–Crippen MR) is 69.0 cm³/mol. The quantitative estimate of drug-likeness (QED) is 0.330. The third-order valence-corrected chi connectivity index (χ3v) is 6.11. The van der Waals surface area contributed by atoms with Crippen molar-refractivity contribution in [3.8, 4) is 0 Å². The van der Waals surface area contributed by atoms with Gasteiger partial charge in [0.25, 0.3) is 0 Å². The van der Waals surface area contributed by atoms with Gasteiger partial charge in [0.1, 0.15) is 6.33 Å². The van der Waals surface area contributed by atoms with Crippen LogP contribution in [0.25, 0.3) is 0 Å². The van der Waals surface area contributed by atoms with Crippen LogP contribution in [0.15, 0.2) is 24.8 Å². The van der Waals surface area contributed by atoms with Crippen LogP contribution in [0.2, 0.25) is 0 Å². The van der Waals surface area contributed by atoms with Crippen molar-refractivity contribution in [2.24, 2.45) is 0 Å². The second kappa shape index (κ2) is 8.65. The smallest absolute Gasteiger partial charge is 0.302 e. The van der Waals surface area contributed by atoms with E-state index in [0.29, 0.717) is 0 Å². The van der Waals surface area contributed by atoms with E-state index in [1.807, 2.05) is 0 Å². The first-order chi connectivity index (χ1) is 10.1. The number of hydrogen-bond donors (Lipinski definition) is 6. The highest BCUT2D eigenvalue weighted by atomic mass is 31.3. The van der Waals surface area contributed by atoms with Crippen molar-refractivity contribution in [2.45, 2.75) is 0 Å². The molecule has 23 heavy (non-hydrogen) atoms. The number of phosphoric acid groups is 4. The summed E-state index contributed by atoms with van der Waals surface area (Å²) in [5, 5.41) is 0. The van der Waals surface area contributed by atoms with Crippen LogP contribution in [0.5, 0.6) is 0 Å². The summed E-state index contributed by atoms with van der Waals surface area (Å²) in [6.07, 6.45) is 4.88. The van der Waals surface area contributed by atoms with Gasteiger partial charge in [-0.05, 0) is 6.07 Å². The second-order valence-corrected chi connectivity index (χ2v) is 8.86. The minimum atomic E-state index is -5.77. The third kappa shape index (κ3) is 14.9. The van der Waals surface area contributed by atoms with E-state index in [-0.39, 0.29) is 0 Å². The lowest BCUT2D eigenvalue weighted by atomic mass is 10.7. The molecule has 1 heterocycles. The van der Waals surface area contributed by atoms with Gasteiger partial charge in [0.2, 0.25) is 0 Å². The molecule has 1 aromatic rings. The fourth-order valence-electron chi connectivity index (χ4n) is 0.682. The molecule has 0 aliphatic heterocycles. The molecular weight excluding hydrogens is 408 g/mol. The van der Waals surface area contributed by atoms with Gasteiger partial charge < -0.3 is 29.4 Å². The Balaban J connectivity index is 0.000000664. The lowest BCUT2D eigenvalue weighted by molar-refractivity contribution is 0.194. The molecule has 2 atom stereocenters. The highest BCUT2D eigenvalue weighted by molar-refractivity contribution is 7.69. The second-order valence-electron chi connectivity index (χ2n) is 3.07. The summed E-state index contributed by atoms with van der Waals surface area (Å²) in [4.78, 5) is 56.8. The molecule has 15 nitrogen and oxygen atoms in total. The van der Waals surface area contributed by atoms with E-state index in [1.165, 1.54) is 6.33 Å². The van der Waals surface area contributed by atoms with E-state index in [4.69, 9.17) is 29.4 Å². The molecule has 1 aromatic heterocycles. The average Bonchev–Trinajstić information content (AvgIpc) is 2.23. The monoisotopic (exact) mass is 418 g/mol. The fourth-order valence-corrected chi connectivity index (χ4v) is 4.65. The molecular formula is C4H10N2O13P4. The molecule has 6 N–H and O–H groups in total. The maximum Gasteiger partial charge on any atom is 0.490 e. The standard InChI is InChI=1S/C4H4N2.H6O13P4/c1-2-5-4-6-3-1;1-14(2,3)11-16(7,8)13-17(9,10)12-15(4,5)6/h1-4H;(H,7,8)(H,9,10)(H2,1,2,3)(H2,4,5,6). The lowest BCUT2D eigenvalue weighted by Crippen LogP contribution is -1.95. The summed E-state index contributed by atoms with van der Waals surface area (Å²) in [6.45, 7) is 0. The summed E-state index contributed by atoms with van der Waals surface area (Å²) in [5.41, 5.74) is 0. The van der Waals surface area contributed by atoms with Crippen molar-refractivity contribution in [3.63, 3.8) is 0 Å². The Hall–Kier alpha value is -0.360. The molecule has 0 aliphatic carbocycles. The van der Waals surface area contributed by atoms with Gasteiger partial charge in [0.05, 0.1) is 0 Å². The van der Waals surface area contributed by atoms with E-state index in [0.717, 1.165) is 0 Å². The summed E-state index contributed by atoms with van der Waals surface area (Å²) >= 11 is 0. The fraction of sp³-hybridized carbons (Fsp3) is 0. The topological polar surface area (TPSA) is 243 Å². The van der Waals surface area contributed by atoms with E-state index in [2.05, 4.69) is 22.9 Å². The first kappa shape index (κ1) is 22.6. The summed E-state index contributed by atoms with van der Waals surface area (Å²) in [5.74, 6) is 0. The minimum absolute atomic E-state index is 1.50. The van der Waals surface area contributed by atoms with Gasteiger partial charge in [0, 0.05) is 12.4 Å². The van der Waals surface area contributed by atoms with Crippen LogP contribution >= 0.6 is 31.3 Å². The number of hydrogen-bond acceptors (Lipinski definition) is 9. The molecule has 1 rings (SSSR count). The average molecular weight is 418 g/mol. The van der Waals surface area contributed by atoms with Crippen molar-refractivity contribution < 1.29 is 60.6 Å². The van der Waals surface area contributed by atoms with Crippen LogP contribution in [-0.2, 0) is 31.2 Å². The van der Waals surface area contributed by atoms with Crippen molar-refractivity contribution in [1.29, 1.82) is 0 Å². The first-order valence-corrected chi connectivity index (χ1v) is 10.8. The Bertz CT molecular complexity index is 597. The summed E-state index contributed by atoms with van der Waals surface area (Å²) in [7, 11) is -22.6. The molecule has 0 radical (unpaired) electrons. The minimum Gasteiger partial charge on any atom is -0.302 e. The highest BCUT2D eigenvalue weighted by Gasteiger charge is 2.43. The van der Waals surface area contributed by atoms with Crippen LogP contribution < -0.4 is 0 Å². The molecule has 0 spiro atoms. The Morgan fingerprint density at radius 2 is 1.00 bits per heavy atom. The number of rotatable bonds is 6. The van der Waals surface area contributed by atoms with Crippen LogP contribution in [0.3, 0.4) is 0 Å². The highest BCUT2D eigenvalue weighted by Crippen LogP contribution is 2.69. The zero-order valence-corrected chi connectivity index (χ0v) is 14.1. The van der Waals surface area contributed by atoms with Gasteiger partial charge in [-0.1, -0.05) is 0 Å². The van der Waals surface area contributed by atoms with Gasteiger partial charge in [-0.3, -0.25) is 0 Å². The van der Waals surface area contributed by atoms with Crippen molar-refractivity contribution in [2.75, 3.05) is 0 Å². The molecule has 0 fully saturated rings. The van der Waals surface area contributed by atoms with E-state index in [9.17, 15) is 18.3 Å². The molecule has 0 aromatic carbocycles. The maximum absolute atomic E-state index is 10.7. The van der Waals surface area contributed by atoms with E-state index >= 15 is 0 Å². The molecule has 134 valence electrons. The number of nitrogens with zero attached hydrogens (tertiary/aromatic N) is 2. The normalized spacial score (nSPS) is 17.3. The van der Waals surface area contributed by atoms with E-state index in [1.54, 1.807) is 18.5 Å². The Morgan fingerprint density at radius 1 is 0.652 bits per heavy atom. The Kier molecular flexibility index (Phi) is 8.52. The third-order valence-electron chi connectivity index (χ3n) is 1.10. The van der Waals surface area contributed by atoms with Gasteiger partial charge in [0.15, 0.2) is 0 Å². The molecule has 0 saturated heterocycles. The zero-order chi connectivity index (χ0) is 18.4. The zero-order valence-electron chi connectivity index (χ0n) is 10.5. The molecule has 0 aliphatic rings. The lowest BCUT2D eigenvalue weighted by Gasteiger charge is -2.15. The van der Waals surface area contributed by atoms with Crippen LogP contribution in [0.4, 0.5) is 0 Å². The Labute approximate surface area is 127 Å². The van der Waals surface area contributed by atoms with Crippen LogP contribution in [0, 0.1) is 0 Å². The summed E-state index contributed by atoms with van der Waals surface area (Å²) in [6, 6.07) is 1.78. The molecule has 19 heteroatoms.